The van der Waals surface area contributed by atoms with E-state index in [9.17, 15) is 4.39 Å². The highest BCUT2D eigenvalue weighted by molar-refractivity contribution is 5.19. The van der Waals surface area contributed by atoms with E-state index in [1.807, 2.05) is 17.8 Å². The van der Waals surface area contributed by atoms with Gasteiger partial charge in [0.1, 0.15) is 5.82 Å². The molecule has 2 aromatic rings. The monoisotopic (exact) mass is 233 g/mol. The molecule has 0 aliphatic carbocycles. The van der Waals surface area contributed by atoms with Gasteiger partial charge in [0, 0.05) is 25.8 Å². The average Bonchev–Trinajstić information content (AvgIpc) is 2.73. The van der Waals surface area contributed by atoms with E-state index in [1.165, 1.54) is 12.1 Å². The van der Waals surface area contributed by atoms with Crippen LogP contribution in [0.5, 0.6) is 0 Å². The van der Waals surface area contributed by atoms with Crippen molar-refractivity contribution in [3.05, 3.63) is 53.9 Å². The fourth-order valence-electron chi connectivity index (χ4n) is 1.68. The highest BCUT2D eigenvalue weighted by Crippen LogP contribution is 2.13. The van der Waals surface area contributed by atoms with Gasteiger partial charge in [-0.2, -0.15) is 0 Å². The first kappa shape index (κ1) is 11.8. The van der Waals surface area contributed by atoms with Crippen molar-refractivity contribution in [2.45, 2.75) is 19.5 Å². The van der Waals surface area contributed by atoms with Crippen molar-refractivity contribution in [3.8, 4) is 0 Å². The number of rotatable bonds is 4. The standard InChI is InChI=1S/C13H16FN3/c1-10(11-3-5-12(14)6-4-11)16-8-13-7-15-9-17(13)2/h3-7,9-10,16H,8H2,1-2H3/t10-/m1/s1. The third-order valence-corrected chi connectivity index (χ3v) is 2.88. The number of aromatic nitrogens is 2. The van der Waals surface area contributed by atoms with Crippen molar-refractivity contribution >= 4 is 0 Å². The van der Waals surface area contributed by atoms with Gasteiger partial charge in [0.15, 0.2) is 0 Å². The van der Waals surface area contributed by atoms with Crippen molar-refractivity contribution < 1.29 is 4.39 Å². The van der Waals surface area contributed by atoms with Gasteiger partial charge >= 0.3 is 0 Å². The summed E-state index contributed by atoms with van der Waals surface area (Å²) in [5.74, 6) is -0.201. The SMILES string of the molecule is C[C@@H](NCc1cncn1C)c1ccc(F)cc1. The molecular weight excluding hydrogens is 217 g/mol. The largest absolute Gasteiger partial charge is 0.337 e. The zero-order valence-corrected chi connectivity index (χ0v) is 10.0. The lowest BCUT2D eigenvalue weighted by Crippen LogP contribution is -2.19. The third kappa shape index (κ3) is 2.91. The number of imidazole rings is 1. The van der Waals surface area contributed by atoms with Gasteiger partial charge in [-0.3, -0.25) is 0 Å². The van der Waals surface area contributed by atoms with Crippen LogP contribution in [0.25, 0.3) is 0 Å². The second-order valence-corrected chi connectivity index (χ2v) is 4.15. The first-order valence-electron chi connectivity index (χ1n) is 5.61. The summed E-state index contributed by atoms with van der Waals surface area (Å²) in [6.07, 6.45) is 3.62. The second kappa shape index (κ2) is 5.10. The molecule has 0 saturated carbocycles. The molecule has 3 nitrogen and oxygen atoms in total. The van der Waals surface area contributed by atoms with Gasteiger partial charge in [-0.05, 0) is 24.6 Å². The summed E-state index contributed by atoms with van der Waals surface area (Å²) in [5, 5.41) is 3.38. The Bertz CT molecular complexity index is 476. The molecule has 0 unspecified atom stereocenters. The highest BCUT2D eigenvalue weighted by Gasteiger charge is 2.06. The molecule has 4 heteroatoms. The van der Waals surface area contributed by atoms with Crippen molar-refractivity contribution in [2.75, 3.05) is 0 Å². The summed E-state index contributed by atoms with van der Waals surface area (Å²) in [4.78, 5) is 4.06. The second-order valence-electron chi connectivity index (χ2n) is 4.15. The van der Waals surface area contributed by atoms with Crippen LogP contribution in [-0.4, -0.2) is 9.55 Å². The molecule has 0 bridgehead atoms. The maximum atomic E-state index is 12.8. The van der Waals surface area contributed by atoms with E-state index in [4.69, 9.17) is 0 Å². The van der Waals surface area contributed by atoms with Gasteiger partial charge in [0.25, 0.3) is 0 Å². The topological polar surface area (TPSA) is 29.9 Å². The predicted molar refractivity (Wildman–Crippen MR) is 64.9 cm³/mol. The Morgan fingerprint density at radius 3 is 2.65 bits per heavy atom. The number of halogens is 1. The summed E-state index contributed by atoms with van der Waals surface area (Å²) >= 11 is 0. The lowest BCUT2D eigenvalue weighted by Gasteiger charge is -2.14. The Balaban J connectivity index is 1.95. The van der Waals surface area contributed by atoms with Crippen LogP contribution in [0.15, 0.2) is 36.8 Å². The number of hydrogen-bond donors (Lipinski definition) is 1. The first-order chi connectivity index (χ1) is 8.16. The lowest BCUT2D eigenvalue weighted by molar-refractivity contribution is 0.555. The van der Waals surface area contributed by atoms with Crippen LogP contribution in [0.3, 0.4) is 0 Å². The molecule has 1 aromatic heterocycles. The fourth-order valence-corrected chi connectivity index (χ4v) is 1.68. The molecule has 2 rings (SSSR count). The molecule has 17 heavy (non-hydrogen) atoms. The van der Waals surface area contributed by atoms with Crippen molar-refractivity contribution in [2.24, 2.45) is 7.05 Å². The summed E-state index contributed by atoms with van der Waals surface area (Å²) in [7, 11) is 1.96. The van der Waals surface area contributed by atoms with Gasteiger partial charge in [0.05, 0.1) is 12.0 Å². The van der Waals surface area contributed by atoms with Crippen LogP contribution >= 0.6 is 0 Å². The smallest absolute Gasteiger partial charge is 0.123 e. The molecule has 1 N–H and O–H groups in total. The summed E-state index contributed by atoms with van der Waals surface area (Å²) in [6, 6.07) is 6.76. The normalized spacial score (nSPS) is 12.6. The fraction of sp³-hybridized carbons (Fsp3) is 0.308. The number of benzene rings is 1. The molecule has 0 amide bonds. The van der Waals surface area contributed by atoms with Crippen LogP contribution in [0.1, 0.15) is 24.2 Å². The van der Waals surface area contributed by atoms with Gasteiger partial charge in [-0.25, -0.2) is 9.37 Å². The van der Waals surface area contributed by atoms with E-state index in [0.717, 1.165) is 17.8 Å². The van der Waals surface area contributed by atoms with Crippen LogP contribution in [0, 0.1) is 5.82 Å². The Labute approximate surface area is 100 Å². The van der Waals surface area contributed by atoms with Crippen molar-refractivity contribution in [3.63, 3.8) is 0 Å². The van der Waals surface area contributed by atoms with Crippen LogP contribution in [0.2, 0.25) is 0 Å². The molecule has 0 saturated heterocycles. The quantitative estimate of drug-likeness (QED) is 0.878. The molecule has 1 heterocycles. The summed E-state index contributed by atoms with van der Waals surface area (Å²) in [6.45, 7) is 2.80. The number of hydrogen-bond acceptors (Lipinski definition) is 2. The zero-order chi connectivity index (χ0) is 12.3. The minimum absolute atomic E-state index is 0.186. The molecule has 0 radical (unpaired) electrons. The zero-order valence-electron chi connectivity index (χ0n) is 10.0. The lowest BCUT2D eigenvalue weighted by atomic mass is 10.1. The van der Waals surface area contributed by atoms with E-state index >= 15 is 0 Å². The van der Waals surface area contributed by atoms with Crippen molar-refractivity contribution in [1.82, 2.24) is 14.9 Å². The average molecular weight is 233 g/mol. The molecule has 0 aliphatic heterocycles. The number of aryl methyl sites for hydroxylation is 1. The van der Waals surface area contributed by atoms with E-state index in [2.05, 4.69) is 17.2 Å². The highest BCUT2D eigenvalue weighted by atomic mass is 19.1. The Morgan fingerprint density at radius 2 is 2.06 bits per heavy atom. The minimum Gasteiger partial charge on any atom is -0.337 e. The molecule has 0 spiro atoms. The first-order valence-corrected chi connectivity index (χ1v) is 5.61. The van der Waals surface area contributed by atoms with Crippen molar-refractivity contribution in [1.29, 1.82) is 0 Å². The summed E-state index contributed by atoms with van der Waals surface area (Å²) < 4.78 is 14.8. The van der Waals surface area contributed by atoms with Crippen LogP contribution in [0.4, 0.5) is 4.39 Å². The van der Waals surface area contributed by atoms with Gasteiger partial charge in [-0.15, -0.1) is 0 Å². The van der Waals surface area contributed by atoms with Gasteiger partial charge in [-0.1, -0.05) is 12.1 Å². The van der Waals surface area contributed by atoms with Crippen LogP contribution in [-0.2, 0) is 13.6 Å². The minimum atomic E-state index is -0.201. The Kier molecular flexibility index (Phi) is 3.54. The molecular formula is C13H16FN3. The van der Waals surface area contributed by atoms with E-state index in [0.29, 0.717) is 0 Å². The van der Waals surface area contributed by atoms with E-state index in [-0.39, 0.29) is 11.9 Å². The number of nitrogens with zero attached hydrogens (tertiary/aromatic N) is 2. The third-order valence-electron chi connectivity index (χ3n) is 2.88. The van der Waals surface area contributed by atoms with Gasteiger partial charge < -0.3 is 9.88 Å². The predicted octanol–water partition coefficient (Wildman–Crippen LogP) is 2.41. The summed E-state index contributed by atoms with van der Waals surface area (Å²) in [5.41, 5.74) is 2.20. The Hall–Kier alpha value is -1.68. The maximum Gasteiger partial charge on any atom is 0.123 e. The molecule has 0 aliphatic rings. The van der Waals surface area contributed by atoms with E-state index in [1.54, 1.807) is 18.5 Å². The number of nitrogens with one attached hydrogen (secondary N) is 1. The maximum absolute atomic E-state index is 12.8. The molecule has 0 fully saturated rings. The van der Waals surface area contributed by atoms with E-state index < -0.39 is 0 Å². The van der Waals surface area contributed by atoms with Gasteiger partial charge in [0.2, 0.25) is 0 Å². The molecule has 1 aromatic carbocycles. The molecule has 90 valence electrons. The van der Waals surface area contributed by atoms with Crippen LogP contribution < -0.4 is 5.32 Å². The molecule has 1 atom stereocenters. The Morgan fingerprint density at radius 1 is 1.35 bits per heavy atom.